The number of esters is 1. The molecule has 0 spiro atoms. The molecule has 2 atom stereocenters. The summed E-state index contributed by atoms with van der Waals surface area (Å²) in [6, 6.07) is -0.633. The van der Waals surface area contributed by atoms with Crippen LogP contribution in [0.25, 0.3) is 0 Å². The van der Waals surface area contributed by atoms with E-state index in [1.54, 1.807) is 6.08 Å². The van der Waals surface area contributed by atoms with Gasteiger partial charge in [-0.15, -0.1) is 0 Å². The molecule has 0 aliphatic carbocycles. The van der Waals surface area contributed by atoms with Gasteiger partial charge in [-0.1, -0.05) is 262 Å². The fraction of sp³-hybridized carbons (Fsp3) is 0.864. The van der Waals surface area contributed by atoms with E-state index in [1.807, 2.05) is 6.08 Å². The van der Waals surface area contributed by atoms with E-state index in [9.17, 15) is 19.8 Å². The van der Waals surface area contributed by atoms with Crippen LogP contribution in [0.4, 0.5) is 0 Å². The van der Waals surface area contributed by atoms with Crippen LogP contribution in [0.1, 0.15) is 303 Å². The van der Waals surface area contributed by atoms with E-state index in [2.05, 4.69) is 43.5 Å². The Bertz CT molecular complexity index is 1060. The highest BCUT2D eigenvalue weighted by atomic mass is 16.5. The average molecular weight is 915 g/mol. The van der Waals surface area contributed by atoms with Gasteiger partial charge in [0.1, 0.15) is 0 Å². The second kappa shape index (κ2) is 54.7. The van der Waals surface area contributed by atoms with Crippen LogP contribution >= 0.6 is 0 Å². The number of aliphatic hydroxyl groups excluding tert-OH is 2. The number of ether oxygens (including phenoxy) is 1. The van der Waals surface area contributed by atoms with Crippen molar-refractivity contribution in [3.05, 3.63) is 36.5 Å². The summed E-state index contributed by atoms with van der Waals surface area (Å²) in [5, 5.41) is 23.1. The number of allylic oxidation sites excluding steroid dienone is 5. The Morgan fingerprint density at radius 1 is 0.431 bits per heavy atom. The van der Waals surface area contributed by atoms with E-state index in [0.29, 0.717) is 19.4 Å². The maximum absolute atomic E-state index is 12.5. The third kappa shape index (κ3) is 51.3. The molecule has 382 valence electrons. The molecule has 6 heteroatoms. The Morgan fingerprint density at radius 2 is 0.769 bits per heavy atom. The second-order valence-electron chi connectivity index (χ2n) is 19.6. The minimum atomic E-state index is -0.849. The summed E-state index contributed by atoms with van der Waals surface area (Å²) >= 11 is 0. The number of rotatable bonds is 53. The van der Waals surface area contributed by atoms with Crippen LogP contribution in [0.15, 0.2) is 36.5 Å². The van der Waals surface area contributed by atoms with Crippen molar-refractivity contribution in [2.45, 2.75) is 315 Å². The van der Waals surface area contributed by atoms with Gasteiger partial charge >= 0.3 is 5.97 Å². The van der Waals surface area contributed by atoms with Crippen molar-refractivity contribution < 1.29 is 24.5 Å². The number of aliphatic hydroxyl groups is 2. The Labute approximate surface area is 404 Å². The highest BCUT2D eigenvalue weighted by molar-refractivity contribution is 5.76. The molecule has 0 heterocycles. The molecule has 0 rings (SSSR count). The van der Waals surface area contributed by atoms with Crippen LogP contribution in [0.3, 0.4) is 0 Å². The van der Waals surface area contributed by atoms with Gasteiger partial charge in [0.2, 0.25) is 5.91 Å². The standard InChI is InChI=1S/C59H111NO5/c1-3-5-7-9-11-13-15-17-19-20-25-29-33-37-41-45-49-53-59(64)65-54-50-46-42-38-34-30-26-22-21-24-28-32-36-40-44-48-52-58(63)60-56(55-61)57(62)51-47-43-39-35-31-27-23-18-16-14-12-10-8-6-4-2/h11,13,17,19,47,51,56-57,61-62H,3-10,12,14-16,18,20-46,48-50,52-55H2,1-2H3,(H,60,63)/b13-11-,19-17-,51-47+. The first kappa shape index (κ1) is 63.1. The Hall–Kier alpha value is -1.92. The Balaban J connectivity index is 3.45. The molecule has 2 unspecified atom stereocenters. The van der Waals surface area contributed by atoms with Crippen molar-refractivity contribution in [2.75, 3.05) is 13.2 Å². The van der Waals surface area contributed by atoms with Crippen LogP contribution < -0.4 is 5.32 Å². The Kier molecular flexibility index (Phi) is 53.1. The average Bonchev–Trinajstić information content (AvgIpc) is 3.31. The molecule has 0 aromatic rings. The molecule has 3 N–H and O–H groups in total. The quantitative estimate of drug-likeness (QED) is 0.0321. The van der Waals surface area contributed by atoms with Crippen LogP contribution in [-0.4, -0.2) is 47.4 Å². The van der Waals surface area contributed by atoms with Gasteiger partial charge in [-0.05, 0) is 64.2 Å². The summed E-state index contributed by atoms with van der Waals surface area (Å²) in [5.74, 6) is -0.0802. The summed E-state index contributed by atoms with van der Waals surface area (Å²) in [6.07, 6.45) is 67.3. The highest BCUT2D eigenvalue weighted by Gasteiger charge is 2.18. The lowest BCUT2D eigenvalue weighted by Crippen LogP contribution is -2.45. The lowest BCUT2D eigenvalue weighted by atomic mass is 10.0. The van der Waals surface area contributed by atoms with E-state index in [-0.39, 0.29) is 18.5 Å². The summed E-state index contributed by atoms with van der Waals surface area (Å²) in [6.45, 7) is 4.87. The van der Waals surface area contributed by atoms with Crippen molar-refractivity contribution in [1.82, 2.24) is 5.32 Å². The lowest BCUT2D eigenvalue weighted by Gasteiger charge is -2.20. The Morgan fingerprint density at radius 3 is 1.20 bits per heavy atom. The van der Waals surface area contributed by atoms with Gasteiger partial charge in [0.15, 0.2) is 0 Å². The third-order valence-electron chi connectivity index (χ3n) is 13.2. The van der Waals surface area contributed by atoms with Gasteiger partial charge in [-0.2, -0.15) is 0 Å². The smallest absolute Gasteiger partial charge is 0.305 e. The molecule has 0 saturated carbocycles. The molecular formula is C59H111NO5. The number of nitrogens with one attached hydrogen (secondary N) is 1. The maximum atomic E-state index is 12.5. The van der Waals surface area contributed by atoms with Gasteiger partial charge in [0, 0.05) is 12.8 Å². The topological polar surface area (TPSA) is 95.9 Å². The molecule has 0 aliphatic rings. The van der Waals surface area contributed by atoms with E-state index in [0.717, 1.165) is 57.8 Å². The number of carbonyl (C=O) groups excluding carboxylic acids is 2. The summed E-state index contributed by atoms with van der Waals surface area (Å²) < 4.78 is 5.48. The predicted octanol–water partition coefficient (Wildman–Crippen LogP) is 17.6. The number of carbonyl (C=O) groups is 2. The largest absolute Gasteiger partial charge is 0.466 e. The monoisotopic (exact) mass is 914 g/mol. The highest BCUT2D eigenvalue weighted by Crippen LogP contribution is 2.16. The molecule has 6 nitrogen and oxygen atoms in total. The summed E-state index contributed by atoms with van der Waals surface area (Å²) in [4.78, 5) is 24.5. The van der Waals surface area contributed by atoms with E-state index in [4.69, 9.17) is 4.74 Å². The maximum Gasteiger partial charge on any atom is 0.305 e. The first-order valence-corrected chi connectivity index (χ1v) is 28.8. The van der Waals surface area contributed by atoms with E-state index >= 15 is 0 Å². The molecule has 65 heavy (non-hydrogen) atoms. The molecule has 0 aromatic carbocycles. The number of amides is 1. The van der Waals surface area contributed by atoms with E-state index < -0.39 is 12.1 Å². The van der Waals surface area contributed by atoms with Crippen molar-refractivity contribution in [3.63, 3.8) is 0 Å². The molecule has 0 radical (unpaired) electrons. The molecule has 0 fully saturated rings. The van der Waals surface area contributed by atoms with Gasteiger partial charge in [-0.3, -0.25) is 9.59 Å². The first-order valence-electron chi connectivity index (χ1n) is 28.8. The normalized spacial score (nSPS) is 12.9. The fourth-order valence-corrected chi connectivity index (χ4v) is 8.72. The van der Waals surface area contributed by atoms with Crippen molar-refractivity contribution in [3.8, 4) is 0 Å². The molecule has 0 saturated heterocycles. The second-order valence-corrected chi connectivity index (χ2v) is 19.6. The number of hydrogen-bond donors (Lipinski definition) is 3. The minimum absolute atomic E-state index is 0.00573. The van der Waals surface area contributed by atoms with Crippen LogP contribution in [0.5, 0.6) is 0 Å². The molecular weight excluding hydrogens is 803 g/mol. The fourth-order valence-electron chi connectivity index (χ4n) is 8.72. The zero-order chi connectivity index (χ0) is 47.2. The van der Waals surface area contributed by atoms with Crippen LogP contribution in [-0.2, 0) is 14.3 Å². The first-order chi connectivity index (χ1) is 32.0. The molecule has 0 aliphatic heterocycles. The van der Waals surface area contributed by atoms with Gasteiger partial charge < -0.3 is 20.3 Å². The molecule has 0 bridgehead atoms. The lowest BCUT2D eigenvalue weighted by molar-refractivity contribution is -0.143. The number of unbranched alkanes of at least 4 members (excludes halogenated alkanes) is 38. The van der Waals surface area contributed by atoms with E-state index in [1.165, 1.54) is 218 Å². The predicted molar refractivity (Wildman–Crippen MR) is 283 cm³/mol. The third-order valence-corrected chi connectivity index (χ3v) is 13.2. The van der Waals surface area contributed by atoms with Crippen molar-refractivity contribution >= 4 is 11.9 Å². The zero-order valence-electron chi connectivity index (χ0n) is 43.5. The van der Waals surface area contributed by atoms with Crippen molar-refractivity contribution in [2.24, 2.45) is 0 Å². The SMILES string of the molecule is CCCCC/C=C\C/C=C\CCCCCCCCCC(=O)OCCCCCCCCCCCCCCCCCCC(=O)NC(CO)C(O)/C=C/CCCCCCCCCCCCCCC. The van der Waals surface area contributed by atoms with Crippen molar-refractivity contribution in [1.29, 1.82) is 0 Å². The van der Waals surface area contributed by atoms with Gasteiger partial charge in [0.05, 0.1) is 25.4 Å². The number of hydrogen-bond acceptors (Lipinski definition) is 5. The zero-order valence-corrected chi connectivity index (χ0v) is 43.5. The van der Waals surface area contributed by atoms with Crippen LogP contribution in [0.2, 0.25) is 0 Å². The van der Waals surface area contributed by atoms with Crippen LogP contribution in [0, 0.1) is 0 Å². The molecule has 0 aromatic heterocycles. The van der Waals surface area contributed by atoms with Gasteiger partial charge in [-0.25, -0.2) is 0 Å². The molecule has 1 amide bonds. The summed E-state index contributed by atoms with van der Waals surface area (Å²) in [7, 11) is 0. The minimum Gasteiger partial charge on any atom is -0.466 e. The summed E-state index contributed by atoms with van der Waals surface area (Å²) in [5.41, 5.74) is 0. The van der Waals surface area contributed by atoms with Gasteiger partial charge in [0.25, 0.3) is 0 Å².